The van der Waals surface area contributed by atoms with Crippen LogP contribution in [-0.4, -0.2) is 0 Å². The third-order valence-electron chi connectivity index (χ3n) is 4.55. The first kappa shape index (κ1) is 17.7. The van der Waals surface area contributed by atoms with Crippen LogP contribution in [0.25, 0.3) is 27.8 Å². The second-order valence-electron chi connectivity index (χ2n) is 6.34. The molecule has 0 aromatic heterocycles. The average Bonchev–Trinajstić information content (AvgIpc) is 2.69. The van der Waals surface area contributed by atoms with E-state index >= 15 is 0 Å². The van der Waals surface area contributed by atoms with E-state index in [2.05, 4.69) is 92.4 Å². The SMILES string of the molecule is C=C(/C=C\C=C/C)c1cc(-c2ccccc2)c(C)c(-c2ccccc2)c1. The van der Waals surface area contributed by atoms with Gasteiger partial charge in [0.1, 0.15) is 0 Å². The maximum absolute atomic E-state index is 4.28. The third-order valence-corrected chi connectivity index (χ3v) is 4.55. The van der Waals surface area contributed by atoms with Gasteiger partial charge in [0.25, 0.3) is 0 Å². The minimum atomic E-state index is 1.01. The topological polar surface area (TPSA) is 0 Å². The number of hydrogen-bond donors (Lipinski definition) is 0. The molecule has 0 aliphatic carbocycles. The molecule has 3 aromatic rings. The van der Waals surface area contributed by atoms with E-state index in [9.17, 15) is 0 Å². The van der Waals surface area contributed by atoms with Gasteiger partial charge >= 0.3 is 0 Å². The van der Waals surface area contributed by atoms with Crippen molar-refractivity contribution in [2.24, 2.45) is 0 Å². The molecule has 0 heterocycles. The van der Waals surface area contributed by atoms with E-state index in [1.54, 1.807) is 0 Å². The summed E-state index contributed by atoms with van der Waals surface area (Å²) < 4.78 is 0. The second-order valence-corrected chi connectivity index (χ2v) is 6.34. The van der Waals surface area contributed by atoms with Gasteiger partial charge in [0.05, 0.1) is 0 Å². The predicted octanol–water partition coefficient (Wildman–Crippen LogP) is 7.47. The van der Waals surface area contributed by atoms with Crippen LogP contribution in [0.1, 0.15) is 18.1 Å². The van der Waals surface area contributed by atoms with Crippen LogP contribution in [0.2, 0.25) is 0 Å². The van der Waals surface area contributed by atoms with Crippen LogP contribution in [0.4, 0.5) is 0 Å². The Kier molecular flexibility index (Phi) is 5.66. The summed E-state index contributed by atoms with van der Waals surface area (Å²) in [5.74, 6) is 0. The molecule has 0 radical (unpaired) electrons. The third kappa shape index (κ3) is 3.92. The summed E-state index contributed by atoms with van der Waals surface area (Å²) in [7, 11) is 0. The van der Waals surface area contributed by atoms with Crippen molar-refractivity contribution in [2.45, 2.75) is 13.8 Å². The predicted molar refractivity (Wildman–Crippen MR) is 115 cm³/mol. The lowest BCUT2D eigenvalue weighted by molar-refractivity contribution is 1.43. The summed E-state index contributed by atoms with van der Waals surface area (Å²) in [5, 5.41) is 0. The van der Waals surface area contributed by atoms with Gasteiger partial charge in [-0.05, 0) is 64.9 Å². The standard InChI is InChI=1S/C26H24/c1-4-5-8-13-20(2)24-18-25(22-14-9-6-10-15-22)21(3)26(19-24)23-16-11-7-12-17-23/h4-19H,2H2,1,3H3/b5-4-,13-8-. The summed E-state index contributed by atoms with van der Waals surface area (Å²) >= 11 is 0. The molecule has 0 aliphatic heterocycles. The number of benzene rings is 3. The van der Waals surface area contributed by atoms with E-state index in [1.165, 1.54) is 27.8 Å². The molecule has 0 aliphatic rings. The van der Waals surface area contributed by atoms with Gasteiger partial charge in [-0.15, -0.1) is 0 Å². The van der Waals surface area contributed by atoms with Gasteiger partial charge in [0.15, 0.2) is 0 Å². The fourth-order valence-corrected chi connectivity index (χ4v) is 3.11. The Hall–Kier alpha value is -3.12. The first-order valence-electron chi connectivity index (χ1n) is 8.95. The minimum absolute atomic E-state index is 1.01. The first-order valence-corrected chi connectivity index (χ1v) is 8.95. The lowest BCUT2D eigenvalue weighted by atomic mass is 9.89. The molecule has 0 saturated carbocycles. The van der Waals surface area contributed by atoms with Crippen molar-refractivity contribution in [3.63, 3.8) is 0 Å². The second kappa shape index (κ2) is 8.31. The van der Waals surface area contributed by atoms with Crippen LogP contribution < -0.4 is 0 Å². The molecule has 0 heteroatoms. The van der Waals surface area contributed by atoms with Crippen molar-refractivity contribution in [3.8, 4) is 22.3 Å². The van der Waals surface area contributed by atoms with Crippen molar-refractivity contribution < 1.29 is 0 Å². The minimum Gasteiger partial charge on any atom is -0.0912 e. The van der Waals surface area contributed by atoms with Crippen LogP contribution in [-0.2, 0) is 0 Å². The van der Waals surface area contributed by atoms with Crippen LogP contribution in [0.5, 0.6) is 0 Å². The normalized spacial score (nSPS) is 11.3. The van der Waals surface area contributed by atoms with E-state index in [-0.39, 0.29) is 0 Å². The maximum atomic E-state index is 4.28. The Morgan fingerprint density at radius 1 is 0.769 bits per heavy atom. The van der Waals surface area contributed by atoms with E-state index in [0.29, 0.717) is 0 Å². The first-order chi connectivity index (χ1) is 12.7. The highest BCUT2D eigenvalue weighted by atomic mass is 14.2. The van der Waals surface area contributed by atoms with Crippen molar-refractivity contribution >= 4 is 5.57 Å². The molecule has 0 unspecified atom stereocenters. The number of allylic oxidation sites excluding steroid dienone is 5. The summed E-state index contributed by atoms with van der Waals surface area (Å²) in [5.41, 5.74) is 8.41. The summed E-state index contributed by atoms with van der Waals surface area (Å²) in [4.78, 5) is 0. The Morgan fingerprint density at radius 3 is 1.73 bits per heavy atom. The Labute approximate surface area is 156 Å². The molecular formula is C26H24. The van der Waals surface area contributed by atoms with Crippen molar-refractivity contribution in [1.82, 2.24) is 0 Å². The van der Waals surface area contributed by atoms with Crippen molar-refractivity contribution in [3.05, 3.63) is 115 Å². The molecule has 0 fully saturated rings. The van der Waals surface area contributed by atoms with Gasteiger partial charge in [-0.2, -0.15) is 0 Å². The van der Waals surface area contributed by atoms with Crippen molar-refractivity contribution in [2.75, 3.05) is 0 Å². The lowest BCUT2D eigenvalue weighted by Gasteiger charge is -2.16. The largest absolute Gasteiger partial charge is 0.0912 e. The zero-order valence-electron chi connectivity index (χ0n) is 15.4. The fourth-order valence-electron chi connectivity index (χ4n) is 3.11. The summed E-state index contributed by atoms with van der Waals surface area (Å²) in [6, 6.07) is 25.6. The van der Waals surface area contributed by atoms with E-state index in [4.69, 9.17) is 0 Å². The Morgan fingerprint density at radius 2 is 1.27 bits per heavy atom. The van der Waals surface area contributed by atoms with Gasteiger partial charge < -0.3 is 0 Å². The Bertz CT molecular complexity index is 881. The van der Waals surface area contributed by atoms with Gasteiger partial charge in [0, 0.05) is 0 Å². The maximum Gasteiger partial charge on any atom is -0.0142 e. The fraction of sp³-hybridized carbons (Fsp3) is 0.0769. The van der Waals surface area contributed by atoms with Crippen molar-refractivity contribution in [1.29, 1.82) is 0 Å². The van der Waals surface area contributed by atoms with Gasteiger partial charge in [-0.3, -0.25) is 0 Å². The van der Waals surface area contributed by atoms with Gasteiger partial charge in [-0.25, -0.2) is 0 Å². The average molecular weight is 336 g/mol. The van der Waals surface area contributed by atoms with Gasteiger partial charge in [0.2, 0.25) is 0 Å². The monoisotopic (exact) mass is 336 g/mol. The molecule has 0 bridgehead atoms. The molecule has 0 nitrogen and oxygen atoms in total. The van der Waals surface area contributed by atoms with E-state index in [1.807, 2.05) is 25.2 Å². The molecule has 3 rings (SSSR count). The zero-order chi connectivity index (χ0) is 18.4. The molecule has 0 amide bonds. The number of rotatable bonds is 5. The van der Waals surface area contributed by atoms with Gasteiger partial charge in [-0.1, -0.05) is 91.5 Å². The molecule has 3 aromatic carbocycles. The zero-order valence-corrected chi connectivity index (χ0v) is 15.4. The van der Waals surface area contributed by atoms with E-state index in [0.717, 1.165) is 11.1 Å². The van der Waals surface area contributed by atoms with Crippen LogP contribution >= 0.6 is 0 Å². The molecule has 0 N–H and O–H groups in total. The smallest absolute Gasteiger partial charge is 0.0142 e. The molecule has 0 atom stereocenters. The lowest BCUT2D eigenvalue weighted by Crippen LogP contribution is -1.92. The van der Waals surface area contributed by atoms with E-state index < -0.39 is 0 Å². The highest BCUT2D eigenvalue weighted by Gasteiger charge is 2.11. The summed E-state index contributed by atoms with van der Waals surface area (Å²) in [6.45, 7) is 8.49. The highest BCUT2D eigenvalue weighted by Crippen LogP contribution is 2.35. The van der Waals surface area contributed by atoms with Crippen LogP contribution in [0, 0.1) is 6.92 Å². The molecule has 128 valence electrons. The Balaban J connectivity index is 2.18. The quantitative estimate of drug-likeness (QED) is 0.424. The molecule has 26 heavy (non-hydrogen) atoms. The van der Waals surface area contributed by atoms with Crippen LogP contribution in [0.15, 0.2) is 104 Å². The highest BCUT2D eigenvalue weighted by molar-refractivity contribution is 5.85. The molecular weight excluding hydrogens is 312 g/mol. The molecule has 0 spiro atoms. The van der Waals surface area contributed by atoms with Crippen LogP contribution in [0.3, 0.4) is 0 Å². The number of hydrogen-bond acceptors (Lipinski definition) is 0. The summed E-state index contributed by atoms with van der Waals surface area (Å²) in [6.07, 6.45) is 8.14. The molecule has 0 saturated heterocycles.